The van der Waals surface area contributed by atoms with Crippen molar-refractivity contribution < 1.29 is 4.79 Å². The first-order valence-corrected chi connectivity index (χ1v) is 5.45. The first kappa shape index (κ1) is 9.49. The van der Waals surface area contributed by atoms with Crippen molar-refractivity contribution in [1.29, 1.82) is 5.26 Å². The van der Waals surface area contributed by atoms with Crippen LogP contribution < -0.4 is 5.32 Å². The molecule has 0 fully saturated rings. The minimum absolute atomic E-state index is 0.0667. The molecule has 1 unspecified atom stereocenters. The molecule has 0 aliphatic carbocycles. The summed E-state index contributed by atoms with van der Waals surface area (Å²) >= 11 is 2.96. The molecular weight excluding hydrogens is 192 g/mol. The monoisotopic (exact) mass is 200 g/mol. The standard InChI is InChI=1S/C7H8N2OS2/c1-4-9-6(10)5(3-8)7(11-2)12-4/h4H,1-2H3,(H,9,10). The highest BCUT2D eigenvalue weighted by Gasteiger charge is 2.24. The largest absolute Gasteiger partial charge is 0.340 e. The predicted molar refractivity (Wildman–Crippen MR) is 51.3 cm³/mol. The van der Waals surface area contributed by atoms with Crippen LogP contribution in [-0.4, -0.2) is 17.5 Å². The quantitative estimate of drug-likeness (QED) is 0.693. The highest BCUT2D eigenvalue weighted by atomic mass is 32.2. The number of carbonyl (C=O) groups excluding carboxylic acids is 1. The average molecular weight is 200 g/mol. The molecule has 1 rings (SSSR count). The molecule has 0 aromatic heterocycles. The Kier molecular flexibility index (Phi) is 3.06. The van der Waals surface area contributed by atoms with E-state index < -0.39 is 0 Å². The van der Waals surface area contributed by atoms with E-state index in [-0.39, 0.29) is 16.9 Å². The molecule has 0 saturated heterocycles. The van der Waals surface area contributed by atoms with Crippen LogP contribution in [0, 0.1) is 11.3 Å². The van der Waals surface area contributed by atoms with Crippen LogP contribution in [0.3, 0.4) is 0 Å². The summed E-state index contributed by atoms with van der Waals surface area (Å²) in [5.41, 5.74) is 0.241. The maximum absolute atomic E-state index is 11.2. The zero-order valence-corrected chi connectivity index (χ0v) is 8.38. The SMILES string of the molecule is CSC1=C(C#N)C(=O)NC(C)S1. The first-order valence-electron chi connectivity index (χ1n) is 3.35. The lowest BCUT2D eigenvalue weighted by atomic mass is 10.3. The van der Waals surface area contributed by atoms with Crippen LogP contribution in [0.4, 0.5) is 0 Å². The molecule has 1 aliphatic rings. The third-order valence-electron chi connectivity index (χ3n) is 1.35. The van der Waals surface area contributed by atoms with Crippen molar-refractivity contribution in [3.63, 3.8) is 0 Å². The van der Waals surface area contributed by atoms with E-state index in [1.54, 1.807) is 0 Å². The number of hydrogen-bond donors (Lipinski definition) is 1. The van der Waals surface area contributed by atoms with Gasteiger partial charge >= 0.3 is 0 Å². The van der Waals surface area contributed by atoms with Gasteiger partial charge in [0, 0.05) is 0 Å². The lowest BCUT2D eigenvalue weighted by molar-refractivity contribution is -0.117. The molecule has 12 heavy (non-hydrogen) atoms. The molecule has 1 atom stereocenters. The Balaban J connectivity index is 3.00. The second-order valence-electron chi connectivity index (χ2n) is 2.21. The summed E-state index contributed by atoms with van der Waals surface area (Å²) in [6, 6.07) is 1.90. The highest BCUT2D eigenvalue weighted by Crippen LogP contribution is 2.34. The van der Waals surface area contributed by atoms with E-state index >= 15 is 0 Å². The Morgan fingerprint density at radius 2 is 2.42 bits per heavy atom. The fourth-order valence-corrected chi connectivity index (χ4v) is 2.75. The first-order chi connectivity index (χ1) is 5.69. The Bertz CT molecular complexity index is 280. The van der Waals surface area contributed by atoms with E-state index in [1.165, 1.54) is 23.5 Å². The van der Waals surface area contributed by atoms with Crippen LogP contribution in [0.2, 0.25) is 0 Å². The topological polar surface area (TPSA) is 52.9 Å². The van der Waals surface area contributed by atoms with Gasteiger partial charge in [-0.3, -0.25) is 4.79 Å². The lowest BCUT2D eigenvalue weighted by Gasteiger charge is -2.20. The molecule has 64 valence electrons. The normalized spacial score (nSPS) is 23.4. The van der Waals surface area contributed by atoms with Crippen LogP contribution in [0.1, 0.15) is 6.92 Å². The van der Waals surface area contributed by atoms with Crippen molar-refractivity contribution in [2.24, 2.45) is 0 Å². The Hall–Kier alpha value is -0.600. The number of nitrogens with zero attached hydrogens (tertiary/aromatic N) is 1. The van der Waals surface area contributed by atoms with Crippen molar-refractivity contribution in [3.05, 3.63) is 9.81 Å². The van der Waals surface area contributed by atoms with E-state index in [9.17, 15) is 4.79 Å². The molecule has 0 radical (unpaired) electrons. The summed E-state index contributed by atoms with van der Waals surface area (Å²) in [4.78, 5) is 11.2. The molecule has 0 aromatic rings. The highest BCUT2D eigenvalue weighted by molar-refractivity contribution is 8.22. The van der Waals surface area contributed by atoms with Gasteiger partial charge in [-0.05, 0) is 13.2 Å². The van der Waals surface area contributed by atoms with Gasteiger partial charge in [0.1, 0.15) is 11.6 Å². The average Bonchev–Trinajstić information content (AvgIpc) is 2.03. The Morgan fingerprint density at radius 1 is 1.75 bits per heavy atom. The van der Waals surface area contributed by atoms with Crippen molar-refractivity contribution in [1.82, 2.24) is 5.32 Å². The van der Waals surface area contributed by atoms with Crippen molar-refractivity contribution in [2.75, 3.05) is 6.26 Å². The Morgan fingerprint density at radius 3 is 2.92 bits per heavy atom. The van der Waals surface area contributed by atoms with Gasteiger partial charge in [-0.15, -0.1) is 11.8 Å². The molecule has 3 nitrogen and oxygen atoms in total. The summed E-state index contributed by atoms with van der Waals surface area (Å²) < 4.78 is 0.814. The van der Waals surface area contributed by atoms with Gasteiger partial charge in [-0.25, -0.2) is 0 Å². The molecule has 0 saturated carbocycles. The van der Waals surface area contributed by atoms with Crippen LogP contribution in [0.5, 0.6) is 0 Å². The molecular formula is C7H8N2OS2. The molecule has 0 spiro atoms. The van der Waals surface area contributed by atoms with Crippen molar-refractivity contribution in [3.8, 4) is 6.07 Å². The van der Waals surface area contributed by atoms with Gasteiger partial charge < -0.3 is 5.32 Å². The predicted octanol–water partition coefficient (Wildman–Crippen LogP) is 1.29. The molecule has 1 heterocycles. The van der Waals surface area contributed by atoms with Gasteiger partial charge in [-0.1, -0.05) is 11.8 Å². The van der Waals surface area contributed by atoms with Crippen LogP contribution in [-0.2, 0) is 4.79 Å². The molecule has 1 N–H and O–H groups in total. The summed E-state index contributed by atoms with van der Waals surface area (Å²) in [7, 11) is 0. The fourth-order valence-electron chi connectivity index (χ4n) is 0.845. The number of carbonyl (C=O) groups is 1. The summed E-state index contributed by atoms with van der Waals surface area (Å²) in [5, 5.41) is 11.4. The third-order valence-corrected chi connectivity index (χ3v) is 3.60. The summed E-state index contributed by atoms with van der Waals surface area (Å²) in [6.07, 6.45) is 1.87. The smallest absolute Gasteiger partial charge is 0.264 e. The zero-order chi connectivity index (χ0) is 9.14. The minimum Gasteiger partial charge on any atom is -0.340 e. The maximum Gasteiger partial charge on any atom is 0.264 e. The van der Waals surface area contributed by atoms with Gasteiger partial charge in [0.15, 0.2) is 0 Å². The second-order valence-corrected chi connectivity index (χ2v) is 4.64. The van der Waals surface area contributed by atoms with E-state index in [1.807, 2.05) is 19.2 Å². The van der Waals surface area contributed by atoms with Gasteiger partial charge in [-0.2, -0.15) is 5.26 Å². The lowest BCUT2D eigenvalue weighted by Crippen LogP contribution is -2.34. The number of rotatable bonds is 1. The van der Waals surface area contributed by atoms with Gasteiger partial charge in [0.05, 0.1) is 9.61 Å². The van der Waals surface area contributed by atoms with Crippen LogP contribution in [0.15, 0.2) is 9.81 Å². The Labute approximate surface area is 79.6 Å². The van der Waals surface area contributed by atoms with E-state index in [0.717, 1.165) is 4.24 Å². The maximum atomic E-state index is 11.2. The third kappa shape index (κ3) is 1.76. The molecule has 0 bridgehead atoms. The van der Waals surface area contributed by atoms with Crippen molar-refractivity contribution in [2.45, 2.75) is 12.3 Å². The number of nitrogens with one attached hydrogen (secondary N) is 1. The number of amides is 1. The van der Waals surface area contributed by atoms with E-state index in [4.69, 9.17) is 5.26 Å². The molecule has 0 aromatic carbocycles. The summed E-state index contributed by atoms with van der Waals surface area (Å²) in [6.45, 7) is 1.90. The second kappa shape index (κ2) is 3.87. The van der Waals surface area contributed by atoms with E-state index in [2.05, 4.69) is 5.32 Å². The number of hydrogen-bond acceptors (Lipinski definition) is 4. The number of thioether (sulfide) groups is 2. The van der Waals surface area contributed by atoms with Crippen LogP contribution in [0.25, 0.3) is 0 Å². The van der Waals surface area contributed by atoms with Crippen molar-refractivity contribution >= 4 is 29.4 Å². The minimum atomic E-state index is -0.256. The fraction of sp³-hybridized carbons (Fsp3) is 0.429. The molecule has 1 amide bonds. The van der Waals surface area contributed by atoms with Crippen LogP contribution >= 0.6 is 23.5 Å². The summed E-state index contributed by atoms with van der Waals surface area (Å²) in [5.74, 6) is -0.256. The number of nitriles is 1. The van der Waals surface area contributed by atoms with Gasteiger partial charge in [0.25, 0.3) is 5.91 Å². The zero-order valence-electron chi connectivity index (χ0n) is 6.75. The molecule has 1 aliphatic heterocycles. The molecule has 5 heteroatoms. The van der Waals surface area contributed by atoms with E-state index in [0.29, 0.717) is 0 Å². The van der Waals surface area contributed by atoms with Gasteiger partial charge in [0.2, 0.25) is 0 Å².